The van der Waals surface area contributed by atoms with Gasteiger partial charge in [-0.1, -0.05) is 51.0 Å². The Kier molecular flexibility index (Phi) is 29.6. The Morgan fingerprint density at radius 1 is 0.511 bits per heavy atom. The van der Waals surface area contributed by atoms with Crippen LogP contribution < -0.4 is 48.5 Å². The molecule has 0 aliphatic rings. The SMILES string of the molecule is CCCC(C#N)(CCCN(C)C(C)c1ccc(OC(OC(=O)C(=O)OC(Oc2ccc(C(C)N(C)CCCC(C#N)(CCC)c3ccc(OC)c(OC)c3)cc2OC)C(=O)NC[C@H](C)O[N+](=O)[O-])C(=O)NC[C@H](C)O[N+](=O)[O-])c(OC)c1)c1ccc(OC)c(OC)c1. The van der Waals surface area contributed by atoms with E-state index in [1.807, 2.05) is 66.1 Å². The number of benzene rings is 4. The maximum Gasteiger partial charge on any atom is 0.421 e. The minimum atomic E-state index is -2.34. The van der Waals surface area contributed by atoms with Crippen molar-refractivity contribution in [1.29, 1.82) is 10.5 Å². The van der Waals surface area contributed by atoms with Gasteiger partial charge in [-0.2, -0.15) is 10.5 Å². The minimum Gasteiger partial charge on any atom is -0.493 e. The third-order valence-corrected chi connectivity index (χ3v) is 15.7. The molecule has 4 aromatic carbocycles. The topological polar surface area (TPSA) is 343 Å². The van der Waals surface area contributed by atoms with Crippen molar-refractivity contribution in [3.05, 3.63) is 115 Å². The van der Waals surface area contributed by atoms with Crippen molar-refractivity contribution >= 4 is 23.8 Å². The number of nitrogens with zero attached hydrogens (tertiary/aromatic N) is 6. The first kappa shape index (κ1) is 74.9. The van der Waals surface area contributed by atoms with E-state index in [9.17, 15) is 49.9 Å². The van der Waals surface area contributed by atoms with Crippen molar-refractivity contribution in [2.45, 2.75) is 141 Å². The molecule has 0 aromatic heterocycles. The summed E-state index contributed by atoms with van der Waals surface area (Å²) in [5.74, 6) is -4.37. The van der Waals surface area contributed by atoms with Gasteiger partial charge in [-0.25, -0.2) is 9.59 Å². The van der Waals surface area contributed by atoms with Crippen LogP contribution in [0.2, 0.25) is 0 Å². The van der Waals surface area contributed by atoms with Crippen molar-refractivity contribution in [3.63, 3.8) is 0 Å². The van der Waals surface area contributed by atoms with Gasteiger partial charge >= 0.3 is 36.3 Å². The summed E-state index contributed by atoms with van der Waals surface area (Å²) in [4.78, 5) is 90.4. The first-order chi connectivity index (χ1) is 43.8. The van der Waals surface area contributed by atoms with Crippen LogP contribution in [0.1, 0.15) is 127 Å². The van der Waals surface area contributed by atoms with Crippen molar-refractivity contribution < 1.29 is 86.4 Å². The van der Waals surface area contributed by atoms with Crippen LogP contribution in [-0.2, 0) is 49.2 Å². The van der Waals surface area contributed by atoms with Gasteiger partial charge in [0, 0.05) is 25.2 Å². The maximum absolute atomic E-state index is 13.8. The smallest absolute Gasteiger partial charge is 0.421 e. The molecule has 6 unspecified atom stereocenters. The van der Waals surface area contributed by atoms with Gasteiger partial charge in [-0.15, -0.1) is 20.2 Å². The molecule has 92 heavy (non-hydrogen) atoms. The summed E-state index contributed by atoms with van der Waals surface area (Å²) in [5.41, 5.74) is 1.46. The summed E-state index contributed by atoms with van der Waals surface area (Å²) < 4.78 is 55.7. The minimum absolute atomic E-state index is 0.0436. The highest BCUT2D eigenvalue weighted by Gasteiger charge is 2.37. The number of carbonyl (C=O) groups excluding carboxylic acids is 4. The van der Waals surface area contributed by atoms with Crippen molar-refractivity contribution in [2.24, 2.45) is 0 Å². The number of nitriles is 2. The monoisotopic (exact) mass is 1290 g/mol. The second kappa shape index (κ2) is 36.3. The number of nitrogens with one attached hydrogen (secondary N) is 2. The van der Waals surface area contributed by atoms with E-state index in [1.54, 1.807) is 64.8 Å². The van der Waals surface area contributed by atoms with Crippen LogP contribution in [0.5, 0.6) is 46.0 Å². The molecule has 0 saturated carbocycles. The number of carbonyl (C=O) groups is 4. The van der Waals surface area contributed by atoms with Crippen molar-refractivity contribution in [3.8, 4) is 58.1 Å². The zero-order chi connectivity index (χ0) is 68.3. The molecule has 4 rings (SSSR count). The van der Waals surface area contributed by atoms with E-state index in [2.05, 4.69) is 42.2 Å². The molecular weight excluding hydrogens is 1200 g/mol. The number of rotatable bonds is 40. The zero-order valence-corrected chi connectivity index (χ0v) is 54.7. The fourth-order valence-electron chi connectivity index (χ4n) is 10.3. The standard InChI is InChI=1S/C64H86N8O20/c1-15-27-63(39-65,47-21-25-49(81-9)55(35-47)85-13)29-17-31-69(7)43(5)45-19-23-51(53(33-45)83-11)87-61(57(73)67-37-41(3)91-71(77)78)89-59(75)60(76)90-62(58(74)68-38-42(4)92-72(79)80)88-52-24-20-46(34-54(52)84-12)44(6)70(8)32-18-30-64(40-66,28-16-2)48-22-26-50(82-10)56(36-48)86-14/h19-26,33-36,41-44,61-62H,15-18,27-32,37-38H2,1-14H3,(H,67,73)(H,68,74)/t41-,42-,43?,44?,61?,62?,63?,64?/m0/s1. The Hall–Kier alpha value is -9.54. The highest BCUT2D eigenvalue weighted by molar-refractivity contribution is 6.30. The first-order valence-electron chi connectivity index (χ1n) is 29.8. The van der Waals surface area contributed by atoms with E-state index in [4.69, 9.17) is 47.4 Å². The van der Waals surface area contributed by atoms with Gasteiger partial charge < -0.3 is 67.7 Å². The summed E-state index contributed by atoms with van der Waals surface area (Å²) >= 11 is 0. The molecule has 4 aromatic rings. The summed E-state index contributed by atoms with van der Waals surface area (Å²) in [6, 6.07) is 25.1. The van der Waals surface area contributed by atoms with Gasteiger partial charge in [0.1, 0.15) is 12.2 Å². The largest absolute Gasteiger partial charge is 0.493 e. The molecule has 2 N–H and O–H groups in total. The molecule has 2 amide bonds. The highest BCUT2D eigenvalue weighted by atomic mass is 17.0. The van der Waals surface area contributed by atoms with Gasteiger partial charge in [0.15, 0.2) is 46.0 Å². The first-order valence-corrected chi connectivity index (χ1v) is 29.8. The Balaban J connectivity index is 1.57. The number of hydrogen-bond acceptors (Lipinski definition) is 24. The summed E-state index contributed by atoms with van der Waals surface area (Å²) in [6.45, 7) is 10.6. The van der Waals surface area contributed by atoms with Crippen LogP contribution >= 0.6 is 0 Å². The van der Waals surface area contributed by atoms with Crippen LogP contribution in [-0.4, -0.2) is 151 Å². The Morgan fingerprint density at radius 3 is 1.14 bits per heavy atom. The summed E-state index contributed by atoms with van der Waals surface area (Å²) in [7, 11) is 12.6. The third-order valence-electron chi connectivity index (χ3n) is 15.7. The average Bonchev–Trinajstić information content (AvgIpc) is 0.849. The molecule has 0 heterocycles. The lowest BCUT2D eigenvalue weighted by molar-refractivity contribution is -0.767. The van der Waals surface area contributed by atoms with E-state index in [1.165, 1.54) is 40.2 Å². The van der Waals surface area contributed by atoms with Crippen molar-refractivity contribution in [1.82, 2.24) is 20.4 Å². The van der Waals surface area contributed by atoms with Gasteiger partial charge in [-0.3, -0.25) is 19.4 Å². The molecule has 0 saturated heterocycles. The molecule has 0 fully saturated rings. The molecule has 0 radical (unpaired) electrons. The number of amides is 2. The molecular formula is C64H86N8O20. The molecule has 28 nitrogen and oxygen atoms in total. The number of ether oxygens (including phenoxy) is 10. The lowest BCUT2D eigenvalue weighted by Crippen LogP contribution is -2.47. The normalized spacial score (nSPS) is 14.3. The lowest BCUT2D eigenvalue weighted by atomic mass is 9.74. The molecule has 28 heteroatoms. The second-order valence-electron chi connectivity index (χ2n) is 21.8. The highest BCUT2D eigenvalue weighted by Crippen LogP contribution is 2.42. The van der Waals surface area contributed by atoms with E-state index < -0.39 is 82.6 Å². The van der Waals surface area contributed by atoms with E-state index >= 15 is 0 Å². The molecule has 8 atom stereocenters. The zero-order valence-electron chi connectivity index (χ0n) is 54.7. The van der Waals surface area contributed by atoms with Gasteiger partial charge in [0.25, 0.3) is 10.2 Å². The van der Waals surface area contributed by atoms with E-state index in [0.29, 0.717) is 85.7 Å². The summed E-state index contributed by atoms with van der Waals surface area (Å²) in [6.07, 6.45) is -2.04. The molecule has 0 aliphatic carbocycles. The maximum atomic E-state index is 13.8. The molecule has 0 bridgehead atoms. The predicted octanol–water partition coefficient (Wildman–Crippen LogP) is 8.43. The number of hydrogen-bond donors (Lipinski definition) is 2. The summed E-state index contributed by atoms with van der Waals surface area (Å²) in [5, 5.41) is 45.8. The van der Waals surface area contributed by atoms with Crippen LogP contribution in [0, 0.1) is 42.9 Å². The predicted molar refractivity (Wildman–Crippen MR) is 332 cm³/mol. The lowest BCUT2D eigenvalue weighted by Gasteiger charge is -2.30. The number of methoxy groups -OCH3 is 6. The fourth-order valence-corrected chi connectivity index (χ4v) is 10.3. The van der Waals surface area contributed by atoms with Crippen LogP contribution in [0.15, 0.2) is 72.8 Å². The third kappa shape index (κ3) is 20.8. The quantitative estimate of drug-likeness (QED) is 0.0139. The Morgan fingerprint density at radius 2 is 0.837 bits per heavy atom. The molecule has 0 aliphatic heterocycles. The van der Waals surface area contributed by atoms with Gasteiger partial charge in [0.2, 0.25) is 0 Å². The Bertz CT molecular complexity index is 3000. The van der Waals surface area contributed by atoms with Gasteiger partial charge in [-0.05, 0) is 164 Å². The van der Waals surface area contributed by atoms with Crippen LogP contribution in [0.4, 0.5) is 0 Å². The molecule has 0 spiro atoms. The van der Waals surface area contributed by atoms with Gasteiger partial charge in [0.05, 0.1) is 65.6 Å². The average molecular weight is 1290 g/mol. The van der Waals surface area contributed by atoms with E-state index in [0.717, 1.165) is 24.0 Å². The second-order valence-corrected chi connectivity index (χ2v) is 21.8. The fraction of sp³-hybridized carbons (Fsp3) is 0.531. The Labute approximate surface area is 536 Å². The van der Waals surface area contributed by atoms with Crippen molar-refractivity contribution in [2.75, 3.05) is 82.9 Å². The van der Waals surface area contributed by atoms with Crippen LogP contribution in [0.25, 0.3) is 0 Å². The number of esters is 2. The molecule has 502 valence electrons. The van der Waals surface area contributed by atoms with Crippen LogP contribution in [0.3, 0.4) is 0 Å². The van der Waals surface area contributed by atoms with E-state index in [-0.39, 0.29) is 35.1 Å².